The van der Waals surface area contributed by atoms with Crippen LogP contribution in [-0.4, -0.2) is 11.7 Å². The summed E-state index contributed by atoms with van der Waals surface area (Å²) in [5, 5.41) is 4.85. The molecule has 1 amide bonds. The number of rotatable bonds is 4. The third-order valence-electron chi connectivity index (χ3n) is 2.94. The van der Waals surface area contributed by atoms with E-state index in [2.05, 4.69) is 5.32 Å². The summed E-state index contributed by atoms with van der Waals surface area (Å²) in [7, 11) is 0. The van der Waals surface area contributed by atoms with Gasteiger partial charge in [-0.25, -0.2) is 0 Å². The quantitative estimate of drug-likeness (QED) is 0.879. The minimum Gasteiger partial charge on any atom is -0.349 e. The SMILES string of the molecule is CC(C)NC(=O)P(=S)(c1ccccc1)c1ccccc1. The molecule has 104 valence electrons. The van der Waals surface area contributed by atoms with Gasteiger partial charge in [-0.15, -0.1) is 0 Å². The molecule has 0 saturated carbocycles. The van der Waals surface area contributed by atoms with Crippen molar-refractivity contribution in [3.63, 3.8) is 0 Å². The zero-order chi connectivity index (χ0) is 14.6. The van der Waals surface area contributed by atoms with Crippen LogP contribution in [0.15, 0.2) is 60.7 Å². The van der Waals surface area contributed by atoms with Crippen LogP contribution in [0.3, 0.4) is 0 Å². The fourth-order valence-corrected chi connectivity index (χ4v) is 5.28. The van der Waals surface area contributed by atoms with E-state index in [0.29, 0.717) is 0 Å². The van der Waals surface area contributed by atoms with Crippen LogP contribution in [-0.2, 0) is 11.8 Å². The number of nitrogens with one attached hydrogen (secondary N) is 1. The second kappa shape index (κ2) is 6.34. The average molecular weight is 303 g/mol. The van der Waals surface area contributed by atoms with E-state index in [1.165, 1.54) is 0 Å². The molecule has 0 radical (unpaired) electrons. The molecule has 0 spiro atoms. The van der Waals surface area contributed by atoms with Crippen LogP contribution >= 0.6 is 6.04 Å². The molecule has 2 nitrogen and oxygen atoms in total. The van der Waals surface area contributed by atoms with Crippen molar-refractivity contribution in [3.8, 4) is 0 Å². The Kier molecular flexibility index (Phi) is 4.74. The summed E-state index contributed by atoms with van der Waals surface area (Å²) in [6, 6.07) is 17.0. The van der Waals surface area contributed by atoms with Crippen LogP contribution in [0, 0.1) is 0 Å². The number of hydrogen-bond acceptors (Lipinski definition) is 2. The van der Waals surface area contributed by atoms with Crippen molar-refractivity contribution >= 4 is 34.1 Å². The highest BCUT2D eigenvalue weighted by atomic mass is 32.4. The van der Waals surface area contributed by atoms with Gasteiger partial charge < -0.3 is 5.32 Å². The maximum atomic E-state index is 12.7. The van der Waals surface area contributed by atoms with Crippen molar-refractivity contribution in [1.82, 2.24) is 5.32 Å². The fraction of sp³-hybridized carbons (Fsp3) is 0.188. The molecule has 0 aliphatic carbocycles. The molecule has 0 bridgehead atoms. The summed E-state index contributed by atoms with van der Waals surface area (Å²) < 4.78 is 0. The fourth-order valence-electron chi connectivity index (χ4n) is 2.00. The van der Waals surface area contributed by atoms with E-state index in [1.807, 2.05) is 74.5 Å². The summed E-state index contributed by atoms with van der Waals surface area (Å²) >= 11 is 5.88. The number of hydrogen-bond donors (Lipinski definition) is 1. The molecule has 1 N–H and O–H groups in total. The Morgan fingerprint density at radius 3 is 1.70 bits per heavy atom. The molecule has 0 unspecified atom stereocenters. The second-order valence-corrected chi connectivity index (χ2v) is 9.19. The van der Waals surface area contributed by atoms with Crippen LogP contribution in [0.4, 0.5) is 4.79 Å². The first kappa shape index (κ1) is 15.0. The smallest absolute Gasteiger partial charge is 0.259 e. The Morgan fingerprint density at radius 2 is 1.35 bits per heavy atom. The molecule has 4 heteroatoms. The first-order valence-electron chi connectivity index (χ1n) is 6.57. The molecule has 0 atom stereocenters. The lowest BCUT2D eigenvalue weighted by Gasteiger charge is -2.23. The predicted molar refractivity (Wildman–Crippen MR) is 90.1 cm³/mol. The van der Waals surface area contributed by atoms with Gasteiger partial charge in [0.1, 0.15) is 0 Å². The molecule has 0 heterocycles. The van der Waals surface area contributed by atoms with Gasteiger partial charge in [-0.1, -0.05) is 72.5 Å². The normalized spacial score (nSPS) is 11.3. The number of carbonyl (C=O) groups is 1. The Hall–Kier alpha value is -1.44. The Morgan fingerprint density at radius 1 is 0.950 bits per heavy atom. The lowest BCUT2D eigenvalue weighted by molar-refractivity contribution is 0.258. The van der Waals surface area contributed by atoms with Gasteiger partial charge >= 0.3 is 0 Å². The van der Waals surface area contributed by atoms with Crippen LogP contribution in [0.25, 0.3) is 0 Å². The number of amides is 1. The Balaban J connectivity index is 2.56. The second-order valence-electron chi connectivity index (χ2n) is 4.88. The average Bonchev–Trinajstić information content (AvgIpc) is 2.47. The van der Waals surface area contributed by atoms with Crippen molar-refractivity contribution < 1.29 is 4.79 Å². The van der Waals surface area contributed by atoms with Crippen molar-refractivity contribution in [2.24, 2.45) is 0 Å². The van der Waals surface area contributed by atoms with Gasteiger partial charge in [0.05, 0.1) is 6.04 Å². The van der Waals surface area contributed by atoms with E-state index in [4.69, 9.17) is 11.8 Å². The van der Waals surface area contributed by atoms with Gasteiger partial charge in [0.2, 0.25) is 0 Å². The highest BCUT2D eigenvalue weighted by molar-refractivity contribution is 8.29. The largest absolute Gasteiger partial charge is 0.349 e. The van der Waals surface area contributed by atoms with Gasteiger partial charge in [-0.3, -0.25) is 4.79 Å². The summed E-state index contributed by atoms with van der Waals surface area (Å²) in [5.74, 6) is 0. The molecular weight excluding hydrogens is 285 g/mol. The van der Waals surface area contributed by atoms with E-state index in [-0.39, 0.29) is 11.7 Å². The topological polar surface area (TPSA) is 29.1 Å². The van der Waals surface area contributed by atoms with Gasteiger partial charge in [-0.2, -0.15) is 0 Å². The molecule has 2 aromatic carbocycles. The molecule has 0 fully saturated rings. The van der Waals surface area contributed by atoms with Crippen molar-refractivity contribution in [3.05, 3.63) is 60.7 Å². The highest BCUT2D eigenvalue weighted by Crippen LogP contribution is 2.44. The first-order chi connectivity index (χ1) is 9.55. The van der Waals surface area contributed by atoms with Gasteiger partial charge in [0, 0.05) is 6.04 Å². The summed E-state index contributed by atoms with van der Waals surface area (Å²) in [4.78, 5) is 12.7. The standard InChI is InChI=1S/C16H18NOPS/c1-13(2)17-16(18)19(20,14-9-5-3-6-10-14)15-11-7-4-8-12-15/h3-13H,1-2H3,(H,17,18). The van der Waals surface area contributed by atoms with E-state index < -0.39 is 6.04 Å². The maximum Gasteiger partial charge on any atom is 0.259 e. The van der Waals surface area contributed by atoms with Gasteiger partial charge in [0.15, 0.2) is 0 Å². The molecule has 2 rings (SSSR count). The van der Waals surface area contributed by atoms with Crippen LogP contribution < -0.4 is 15.9 Å². The van der Waals surface area contributed by atoms with Crippen molar-refractivity contribution in [2.75, 3.05) is 0 Å². The van der Waals surface area contributed by atoms with Crippen molar-refractivity contribution in [1.29, 1.82) is 0 Å². The first-order valence-corrected chi connectivity index (χ1v) is 9.37. The lowest BCUT2D eigenvalue weighted by Crippen LogP contribution is -2.34. The predicted octanol–water partition coefficient (Wildman–Crippen LogP) is 3.23. The zero-order valence-electron chi connectivity index (χ0n) is 11.6. The van der Waals surface area contributed by atoms with Crippen molar-refractivity contribution in [2.45, 2.75) is 19.9 Å². The molecule has 0 aliphatic heterocycles. The maximum absolute atomic E-state index is 12.7. The summed E-state index contributed by atoms with van der Waals surface area (Å²) in [6.07, 6.45) is 0. The molecule has 0 saturated heterocycles. The minimum atomic E-state index is -2.49. The van der Waals surface area contributed by atoms with E-state index in [0.717, 1.165) is 10.6 Å². The van der Waals surface area contributed by atoms with Crippen LogP contribution in [0.2, 0.25) is 0 Å². The van der Waals surface area contributed by atoms with Gasteiger partial charge in [-0.05, 0) is 24.5 Å². The zero-order valence-corrected chi connectivity index (χ0v) is 13.3. The molecule has 2 aromatic rings. The molecule has 20 heavy (non-hydrogen) atoms. The molecule has 0 aliphatic rings. The Labute approximate surface area is 125 Å². The van der Waals surface area contributed by atoms with Gasteiger partial charge in [0.25, 0.3) is 5.65 Å². The van der Waals surface area contributed by atoms with E-state index in [1.54, 1.807) is 0 Å². The van der Waals surface area contributed by atoms with E-state index in [9.17, 15) is 4.79 Å². The minimum absolute atomic E-state index is 0.0418. The highest BCUT2D eigenvalue weighted by Gasteiger charge is 2.30. The monoisotopic (exact) mass is 303 g/mol. The third-order valence-corrected chi connectivity index (χ3v) is 7.45. The lowest BCUT2D eigenvalue weighted by atomic mass is 10.4. The van der Waals surface area contributed by atoms with E-state index >= 15 is 0 Å². The summed E-state index contributed by atoms with van der Waals surface area (Å²) in [6.45, 7) is 3.90. The number of benzene rings is 2. The summed E-state index contributed by atoms with van der Waals surface area (Å²) in [5.41, 5.74) is -0.0418. The number of carbonyl (C=O) groups excluding carboxylic acids is 1. The van der Waals surface area contributed by atoms with Crippen LogP contribution in [0.1, 0.15) is 13.8 Å². The molecule has 0 aromatic heterocycles. The Bertz CT molecular complexity index is 582. The third kappa shape index (κ3) is 3.00. The molecular formula is C16H18NOPS. The van der Waals surface area contributed by atoms with Crippen LogP contribution in [0.5, 0.6) is 0 Å².